The molecule has 0 radical (unpaired) electrons. The van der Waals surface area contributed by atoms with Crippen LogP contribution in [0.25, 0.3) is 0 Å². The van der Waals surface area contributed by atoms with Gasteiger partial charge in [-0.3, -0.25) is 4.79 Å². The standard InChI is InChI=1S/C24H21O6P/c1-28-20-8-6-18(7-9-20)23(26)29-21-10-11-22(19(14-21)15-25)30-24(27)17-4-2-16(3-5-17)12-13-31/h2-11,14-15H,12-13,31H2,1H3. The summed E-state index contributed by atoms with van der Waals surface area (Å²) in [5.74, 6) is -0.314. The summed E-state index contributed by atoms with van der Waals surface area (Å²) in [6.07, 6.45) is 2.36. The van der Waals surface area contributed by atoms with Gasteiger partial charge in [0.05, 0.1) is 23.8 Å². The fourth-order valence-corrected chi connectivity index (χ4v) is 3.13. The van der Waals surface area contributed by atoms with Gasteiger partial charge in [-0.25, -0.2) is 9.59 Å². The smallest absolute Gasteiger partial charge is 0.343 e. The zero-order chi connectivity index (χ0) is 22.2. The van der Waals surface area contributed by atoms with Gasteiger partial charge in [0.15, 0.2) is 6.29 Å². The maximum atomic E-state index is 12.4. The minimum Gasteiger partial charge on any atom is -0.497 e. The molecular formula is C24H21O6P. The topological polar surface area (TPSA) is 78.9 Å². The van der Waals surface area contributed by atoms with E-state index in [2.05, 4.69) is 9.24 Å². The van der Waals surface area contributed by atoms with Crippen LogP contribution in [0.5, 0.6) is 17.2 Å². The fourth-order valence-electron chi connectivity index (χ4n) is 2.80. The van der Waals surface area contributed by atoms with E-state index in [4.69, 9.17) is 14.2 Å². The molecule has 3 rings (SSSR count). The first kappa shape index (κ1) is 22.2. The van der Waals surface area contributed by atoms with Crippen molar-refractivity contribution in [3.8, 4) is 17.2 Å². The Bertz CT molecular complexity index is 1070. The molecule has 158 valence electrons. The summed E-state index contributed by atoms with van der Waals surface area (Å²) in [6.45, 7) is 0. The number of hydrogen-bond acceptors (Lipinski definition) is 6. The number of rotatable bonds is 8. The van der Waals surface area contributed by atoms with Gasteiger partial charge in [0.25, 0.3) is 0 Å². The monoisotopic (exact) mass is 436 g/mol. The Labute approximate surface area is 182 Å². The summed E-state index contributed by atoms with van der Waals surface area (Å²) < 4.78 is 15.7. The molecule has 0 aromatic heterocycles. The number of methoxy groups -OCH3 is 1. The second-order valence-corrected chi connectivity index (χ2v) is 7.14. The molecule has 6 nitrogen and oxygen atoms in total. The van der Waals surface area contributed by atoms with E-state index >= 15 is 0 Å². The van der Waals surface area contributed by atoms with Crippen LogP contribution >= 0.6 is 9.24 Å². The number of ether oxygens (including phenoxy) is 3. The van der Waals surface area contributed by atoms with Gasteiger partial charge in [0.1, 0.15) is 17.2 Å². The van der Waals surface area contributed by atoms with Crippen molar-refractivity contribution >= 4 is 27.5 Å². The summed E-state index contributed by atoms with van der Waals surface area (Å²) >= 11 is 0. The first-order chi connectivity index (χ1) is 15.0. The zero-order valence-electron chi connectivity index (χ0n) is 16.9. The molecule has 0 aliphatic heterocycles. The van der Waals surface area contributed by atoms with Crippen LogP contribution in [0.15, 0.2) is 66.7 Å². The average Bonchev–Trinajstić information content (AvgIpc) is 2.80. The number of hydrogen-bond donors (Lipinski definition) is 0. The summed E-state index contributed by atoms with van der Waals surface area (Å²) in [7, 11) is 4.19. The van der Waals surface area contributed by atoms with E-state index in [1.54, 1.807) is 36.4 Å². The van der Waals surface area contributed by atoms with Crippen LogP contribution in [0.3, 0.4) is 0 Å². The van der Waals surface area contributed by atoms with Crippen molar-refractivity contribution < 1.29 is 28.6 Å². The third-order valence-corrected chi connectivity index (χ3v) is 4.76. The van der Waals surface area contributed by atoms with E-state index in [0.717, 1.165) is 18.1 Å². The van der Waals surface area contributed by atoms with Crippen molar-refractivity contribution in [1.29, 1.82) is 0 Å². The largest absolute Gasteiger partial charge is 0.497 e. The Morgan fingerprint density at radius 1 is 0.839 bits per heavy atom. The Kier molecular flexibility index (Phi) is 7.52. The van der Waals surface area contributed by atoms with Crippen molar-refractivity contribution in [2.75, 3.05) is 13.3 Å². The zero-order valence-corrected chi connectivity index (χ0v) is 18.0. The van der Waals surface area contributed by atoms with E-state index in [-0.39, 0.29) is 17.1 Å². The highest BCUT2D eigenvalue weighted by Crippen LogP contribution is 2.25. The lowest BCUT2D eigenvalue weighted by molar-refractivity contribution is 0.0717. The van der Waals surface area contributed by atoms with Gasteiger partial charge >= 0.3 is 11.9 Å². The van der Waals surface area contributed by atoms with Crippen LogP contribution in [0.2, 0.25) is 0 Å². The third-order valence-electron chi connectivity index (χ3n) is 4.47. The Balaban J connectivity index is 1.70. The minimum atomic E-state index is -0.588. The summed E-state index contributed by atoms with van der Waals surface area (Å²) in [5.41, 5.74) is 1.91. The molecule has 1 unspecified atom stereocenters. The molecule has 0 N–H and O–H groups in total. The summed E-state index contributed by atoms with van der Waals surface area (Å²) in [4.78, 5) is 36.2. The highest BCUT2D eigenvalue weighted by molar-refractivity contribution is 7.16. The lowest BCUT2D eigenvalue weighted by atomic mass is 10.1. The van der Waals surface area contributed by atoms with E-state index in [9.17, 15) is 14.4 Å². The lowest BCUT2D eigenvalue weighted by Gasteiger charge is -2.10. The molecule has 0 spiro atoms. The van der Waals surface area contributed by atoms with E-state index in [1.165, 1.54) is 25.3 Å². The van der Waals surface area contributed by atoms with Crippen LogP contribution in [-0.4, -0.2) is 31.5 Å². The molecular weight excluding hydrogens is 415 g/mol. The van der Waals surface area contributed by atoms with Gasteiger partial charge in [-0.1, -0.05) is 12.1 Å². The molecule has 1 atom stereocenters. The van der Waals surface area contributed by atoms with E-state index in [0.29, 0.717) is 23.2 Å². The first-order valence-electron chi connectivity index (χ1n) is 9.50. The number of carbonyl (C=O) groups is 3. The molecule has 0 amide bonds. The number of aldehydes is 1. The highest BCUT2D eigenvalue weighted by atomic mass is 31.0. The van der Waals surface area contributed by atoms with Crippen LogP contribution in [0, 0.1) is 0 Å². The molecule has 31 heavy (non-hydrogen) atoms. The number of benzene rings is 3. The predicted molar refractivity (Wildman–Crippen MR) is 119 cm³/mol. The van der Waals surface area contributed by atoms with Gasteiger partial charge in [-0.15, -0.1) is 9.24 Å². The van der Waals surface area contributed by atoms with Crippen molar-refractivity contribution in [3.05, 3.63) is 89.0 Å². The number of esters is 2. The van der Waals surface area contributed by atoms with Crippen molar-refractivity contribution in [1.82, 2.24) is 0 Å². The molecule has 3 aromatic carbocycles. The molecule has 0 heterocycles. The minimum absolute atomic E-state index is 0.0817. The molecule has 0 bridgehead atoms. The quantitative estimate of drug-likeness (QED) is 0.226. The average molecular weight is 436 g/mol. The van der Waals surface area contributed by atoms with Crippen LogP contribution in [0.4, 0.5) is 0 Å². The Hall–Kier alpha value is -3.50. The predicted octanol–water partition coefficient (Wildman–Crippen LogP) is 4.36. The normalized spacial score (nSPS) is 10.3. The van der Waals surface area contributed by atoms with E-state index < -0.39 is 11.9 Å². The second kappa shape index (κ2) is 10.5. The number of carbonyl (C=O) groups excluding carboxylic acids is 3. The van der Waals surface area contributed by atoms with E-state index in [1.807, 2.05) is 12.1 Å². The van der Waals surface area contributed by atoms with Gasteiger partial charge in [0, 0.05) is 0 Å². The Morgan fingerprint density at radius 3 is 2.00 bits per heavy atom. The van der Waals surface area contributed by atoms with Crippen molar-refractivity contribution in [2.24, 2.45) is 0 Å². The molecule has 0 aliphatic rings. The van der Waals surface area contributed by atoms with Gasteiger partial charge in [-0.2, -0.15) is 0 Å². The first-order valence-corrected chi connectivity index (χ1v) is 10.3. The fraction of sp³-hybridized carbons (Fsp3) is 0.125. The molecule has 0 aliphatic carbocycles. The van der Waals surface area contributed by atoms with Gasteiger partial charge in [0.2, 0.25) is 0 Å². The van der Waals surface area contributed by atoms with Crippen molar-refractivity contribution in [2.45, 2.75) is 6.42 Å². The van der Waals surface area contributed by atoms with Gasteiger partial charge < -0.3 is 14.2 Å². The molecule has 0 saturated carbocycles. The summed E-state index contributed by atoms with van der Waals surface area (Å²) in [5, 5.41) is 0. The van der Waals surface area contributed by atoms with Crippen molar-refractivity contribution in [3.63, 3.8) is 0 Å². The highest BCUT2D eigenvalue weighted by Gasteiger charge is 2.15. The maximum absolute atomic E-state index is 12.4. The molecule has 0 saturated heterocycles. The Morgan fingerprint density at radius 2 is 1.42 bits per heavy atom. The summed E-state index contributed by atoms with van der Waals surface area (Å²) in [6, 6.07) is 17.7. The van der Waals surface area contributed by atoms with Gasteiger partial charge in [-0.05, 0) is 72.7 Å². The van der Waals surface area contributed by atoms with Crippen LogP contribution in [-0.2, 0) is 6.42 Å². The molecule has 0 fully saturated rings. The number of aryl methyl sites for hydroxylation is 1. The van der Waals surface area contributed by atoms with Crippen LogP contribution in [0.1, 0.15) is 36.6 Å². The lowest BCUT2D eigenvalue weighted by Crippen LogP contribution is -2.11. The molecule has 3 aromatic rings. The third kappa shape index (κ3) is 5.77. The van der Waals surface area contributed by atoms with Crippen LogP contribution < -0.4 is 14.2 Å². The SMILES string of the molecule is COc1ccc(C(=O)Oc2ccc(OC(=O)c3ccc(CCP)cc3)c(C=O)c2)cc1. The molecule has 7 heteroatoms. The maximum Gasteiger partial charge on any atom is 0.343 e. The second-order valence-electron chi connectivity index (χ2n) is 6.56.